The summed E-state index contributed by atoms with van der Waals surface area (Å²) in [5.74, 6) is 0.651. The molecule has 0 saturated heterocycles. The topological polar surface area (TPSA) is 41.9 Å². The summed E-state index contributed by atoms with van der Waals surface area (Å²) in [6.07, 6.45) is 1.03. The molecular formula is C15H19ClN2O2. The van der Waals surface area contributed by atoms with Gasteiger partial charge in [-0.05, 0) is 24.3 Å². The first-order chi connectivity index (χ1) is 9.38. The third-order valence-corrected chi connectivity index (χ3v) is 3.30. The largest absolute Gasteiger partial charge is 0.463 e. The average Bonchev–Trinajstić information content (AvgIpc) is 2.90. The second-order valence-electron chi connectivity index (χ2n) is 5.80. The van der Waals surface area contributed by atoms with Crippen molar-refractivity contribution in [2.45, 2.75) is 27.0 Å². The molecule has 0 amide bonds. The fourth-order valence-electron chi connectivity index (χ4n) is 1.86. The number of hydrogen-bond donors (Lipinski definition) is 0. The number of carbonyl (C=O) groups is 1. The average molecular weight is 295 g/mol. The second kappa shape index (κ2) is 5.83. The summed E-state index contributed by atoms with van der Waals surface area (Å²) in [6, 6.07) is 7.01. The van der Waals surface area contributed by atoms with Gasteiger partial charge in [0.2, 0.25) is 6.23 Å². The number of Topliss-reactive ketones (excluding diaryl/α,β-unsaturated/α-hetero) is 1. The molecule has 0 spiro atoms. The van der Waals surface area contributed by atoms with Crippen LogP contribution in [0.1, 0.15) is 20.8 Å². The van der Waals surface area contributed by atoms with Crippen LogP contribution < -0.4 is 4.74 Å². The summed E-state index contributed by atoms with van der Waals surface area (Å²) in [7, 11) is 0. The maximum atomic E-state index is 12.6. The van der Waals surface area contributed by atoms with Gasteiger partial charge in [0.1, 0.15) is 5.75 Å². The second-order valence-corrected chi connectivity index (χ2v) is 6.23. The van der Waals surface area contributed by atoms with Crippen molar-refractivity contribution in [3.8, 4) is 5.75 Å². The van der Waals surface area contributed by atoms with Gasteiger partial charge in [-0.3, -0.25) is 9.79 Å². The van der Waals surface area contributed by atoms with Gasteiger partial charge < -0.3 is 9.64 Å². The van der Waals surface area contributed by atoms with Crippen LogP contribution in [0.2, 0.25) is 5.02 Å². The van der Waals surface area contributed by atoms with Crippen LogP contribution in [0.4, 0.5) is 0 Å². The lowest BCUT2D eigenvalue weighted by molar-refractivity contribution is -0.138. The van der Waals surface area contributed by atoms with Crippen LogP contribution in [-0.2, 0) is 4.79 Å². The number of hydrogen-bond acceptors (Lipinski definition) is 4. The smallest absolute Gasteiger partial charge is 0.233 e. The van der Waals surface area contributed by atoms with Gasteiger partial charge in [0.15, 0.2) is 5.78 Å². The fraction of sp³-hybridized carbons (Fsp3) is 0.467. The number of halogens is 1. The van der Waals surface area contributed by atoms with Crippen molar-refractivity contribution in [3.63, 3.8) is 0 Å². The summed E-state index contributed by atoms with van der Waals surface area (Å²) in [4.78, 5) is 18.6. The SMILES string of the molecule is CC(C)(C)C(=O)C(Oc1ccc(Cl)cc1)N1C=NCC1. The standard InChI is InChI=1S/C15H19ClN2O2/c1-15(2,3)13(19)14(18-9-8-17-10-18)20-12-6-4-11(16)5-7-12/h4-7,10,14H,8-9H2,1-3H3. The minimum atomic E-state index is -0.651. The molecule has 0 radical (unpaired) electrons. The van der Waals surface area contributed by atoms with Gasteiger partial charge in [0.25, 0.3) is 0 Å². The number of nitrogens with zero attached hydrogens (tertiary/aromatic N) is 2. The van der Waals surface area contributed by atoms with E-state index in [1.165, 1.54) is 0 Å². The molecule has 0 saturated carbocycles. The number of carbonyl (C=O) groups excluding carboxylic acids is 1. The number of rotatable bonds is 4. The first kappa shape index (κ1) is 14.9. The van der Waals surface area contributed by atoms with Gasteiger partial charge >= 0.3 is 0 Å². The Morgan fingerprint density at radius 3 is 2.50 bits per heavy atom. The van der Waals surface area contributed by atoms with Crippen LogP contribution in [0.15, 0.2) is 29.3 Å². The molecule has 0 N–H and O–H groups in total. The van der Waals surface area contributed by atoms with Crippen molar-refractivity contribution < 1.29 is 9.53 Å². The zero-order valence-corrected chi connectivity index (χ0v) is 12.7. The molecule has 2 rings (SSSR count). The predicted octanol–water partition coefficient (Wildman–Crippen LogP) is 3.00. The summed E-state index contributed by atoms with van der Waals surface area (Å²) in [5, 5.41) is 0.638. The number of ether oxygens (including phenoxy) is 1. The van der Waals surface area contributed by atoms with E-state index in [4.69, 9.17) is 16.3 Å². The van der Waals surface area contributed by atoms with Crippen LogP contribution in [0, 0.1) is 5.41 Å². The monoisotopic (exact) mass is 294 g/mol. The minimum Gasteiger partial charge on any atom is -0.463 e. The van der Waals surface area contributed by atoms with E-state index in [0.717, 1.165) is 0 Å². The van der Waals surface area contributed by atoms with Crippen molar-refractivity contribution in [1.82, 2.24) is 4.90 Å². The molecule has 4 nitrogen and oxygen atoms in total. The molecule has 20 heavy (non-hydrogen) atoms. The first-order valence-electron chi connectivity index (χ1n) is 6.60. The maximum Gasteiger partial charge on any atom is 0.233 e. The van der Waals surface area contributed by atoms with Crippen LogP contribution in [0.25, 0.3) is 0 Å². The van der Waals surface area contributed by atoms with Gasteiger partial charge in [0, 0.05) is 17.0 Å². The highest BCUT2D eigenvalue weighted by Crippen LogP contribution is 2.24. The highest BCUT2D eigenvalue weighted by molar-refractivity contribution is 6.30. The molecule has 0 aliphatic carbocycles. The summed E-state index contributed by atoms with van der Waals surface area (Å²) >= 11 is 5.86. The molecule has 1 heterocycles. The normalized spacial score (nSPS) is 16.3. The van der Waals surface area contributed by atoms with Crippen molar-refractivity contribution in [1.29, 1.82) is 0 Å². The number of aliphatic imine (C=N–C) groups is 1. The third kappa shape index (κ3) is 3.51. The summed E-state index contributed by atoms with van der Waals surface area (Å²) in [6.45, 7) is 7.06. The lowest BCUT2D eigenvalue weighted by atomic mass is 9.89. The van der Waals surface area contributed by atoms with E-state index in [9.17, 15) is 4.79 Å². The molecule has 5 heteroatoms. The van der Waals surface area contributed by atoms with Gasteiger partial charge in [0.05, 0.1) is 12.9 Å². The lowest BCUT2D eigenvalue weighted by Gasteiger charge is -2.31. The Bertz CT molecular complexity index is 506. The van der Waals surface area contributed by atoms with E-state index in [-0.39, 0.29) is 5.78 Å². The Morgan fingerprint density at radius 2 is 2.00 bits per heavy atom. The van der Waals surface area contributed by atoms with Gasteiger partial charge in [-0.15, -0.1) is 0 Å². The van der Waals surface area contributed by atoms with Crippen molar-refractivity contribution in [2.24, 2.45) is 10.4 Å². The Hall–Kier alpha value is -1.55. The molecule has 1 aromatic carbocycles. The Morgan fingerprint density at radius 1 is 1.35 bits per heavy atom. The highest BCUT2D eigenvalue weighted by Gasteiger charge is 2.35. The quantitative estimate of drug-likeness (QED) is 0.857. The zero-order chi connectivity index (χ0) is 14.8. The van der Waals surface area contributed by atoms with Gasteiger partial charge in [-0.25, -0.2) is 0 Å². The fourth-order valence-corrected chi connectivity index (χ4v) is 1.98. The Labute approximate surface area is 124 Å². The molecule has 0 aromatic heterocycles. The van der Waals surface area contributed by atoms with E-state index < -0.39 is 11.6 Å². The molecule has 1 aromatic rings. The Balaban J connectivity index is 2.20. The van der Waals surface area contributed by atoms with E-state index in [2.05, 4.69) is 4.99 Å². The summed E-state index contributed by atoms with van der Waals surface area (Å²) < 4.78 is 5.87. The molecular weight excluding hydrogens is 276 g/mol. The van der Waals surface area contributed by atoms with E-state index in [1.807, 2.05) is 25.7 Å². The van der Waals surface area contributed by atoms with E-state index >= 15 is 0 Å². The molecule has 1 atom stereocenters. The maximum absolute atomic E-state index is 12.6. The van der Waals surface area contributed by atoms with Gasteiger partial charge in [-0.1, -0.05) is 32.4 Å². The highest BCUT2D eigenvalue weighted by atomic mass is 35.5. The summed E-state index contributed by atoms with van der Waals surface area (Å²) in [5.41, 5.74) is -0.479. The first-order valence-corrected chi connectivity index (χ1v) is 6.98. The lowest BCUT2D eigenvalue weighted by Crippen LogP contribution is -2.48. The van der Waals surface area contributed by atoms with Crippen molar-refractivity contribution >= 4 is 23.7 Å². The number of benzene rings is 1. The van der Waals surface area contributed by atoms with Crippen molar-refractivity contribution in [2.75, 3.05) is 13.1 Å². The third-order valence-electron chi connectivity index (χ3n) is 3.04. The van der Waals surface area contributed by atoms with Gasteiger partial charge in [-0.2, -0.15) is 0 Å². The zero-order valence-electron chi connectivity index (χ0n) is 12.0. The van der Waals surface area contributed by atoms with Crippen LogP contribution >= 0.6 is 11.6 Å². The molecule has 1 unspecified atom stereocenters. The van der Waals surface area contributed by atoms with Crippen LogP contribution in [-0.4, -0.2) is 36.3 Å². The molecule has 0 bridgehead atoms. The predicted molar refractivity (Wildman–Crippen MR) is 80.4 cm³/mol. The molecule has 1 aliphatic rings. The molecule has 0 fully saturated rings. The van der Waals surface area contributed by atoms with Crippen molar-refractivity contribution in [3.05, 3.63) is 29.3 Å². The number of ketones is 1. The molecule has 108 valence electrons. The van der Waals surface area contributed by atoms with E-state index in [0.29, 0.717) is 23.9 Å². The van der Waals surface area contributed by atoms with Crippen LogP contribution in [0.3, 0.4) is 0 Å². The van der Waals surface area contributed by atoms with E-state index in [1.54, 1.807) is 30.6 Å². The Kier molecular flexibility index (Phi) is 4.33. The minimum absolute atomic E-state index is 0.0285. The molecule has 1 aliphatic heterocycles. The van der Waals surface area contributed by atoms with Crippen LogP contribution in [0.5, 0.6) is 5.75 Å².